The van der Waals surface area contributed by atoms with Crippen molar-refractivity contribution in [2.24, 2.45) is 0 Å². The molecule has 21 heavy (non-hydrogen) atoms. The number of aromatic nitrogens is 4. The summed E-state index contributed by atoms with van der Waals surface area (Å²) in [6.45, 7) is 0. The Hall–Kier alpha value is -2.30. The molecule has 1 aliphatic carbocycles. The zero-order chi connectivity index (χ0) is 14.1. The van der Waals surface area contributed by atoms with Gasteiger partial charge in [0.15, 0.2) is 0 Å². The topological polar surface area (TPSA) is 69.4 Å². The van der Waals surface area contributed by atoms with Gasteiger partial charge in [-0.15, -0.1) is 0 Å². The minimum Gasteiger partial charge on any atom is -0.381 e. The van der Waals surface area contributed by atoms with Gasteiger partial charge in [0.1, 0.15) is 5.65 Å². The third kappa shape index (κ3) is 2.28. The van der Waals surface area contributed by atoms with Gasteiger partial charge in [-0.2, -0.15) is 5.10 Å². The highest BCUT2D eigenvalue weighted by molar-refractivity contribution is 5.98. The number of pyridine rings is 1. The molecule has 5 nitrogen and oxygen atoms in total. The fourth-order valence-corrected chi connectivity index (χ4v) is 3.23. The van der Waals surface area contributed by atoms with Crippen LogP contribution in [0.3, 0.4) is 0 Å². The normalized spacial score (nSPS) is 16.4. The number of nitrogens with zero attached hydrogens (tertiary/aromatic N) is 2. The molecule has 3 N–H and O–H groups in total. The summed E-state index contributed by atoms with van der Waals surface area (Å²) in [4.78, 5) is 7.71. The maximum Gasteiger partial charge on any atom is 0.139 e. The Bertz CT molecular complexity index is 722. The fourth-order valence-electron chi connectivity index (χ4n) is 3.23. The largest absolute Gasteiger partial charge is 0.381 e. The summed E-state index contributed by atoms with van der Waals surface area (Å²) in [5, 5.41) is 11.9. The van der Waals surface area contributed by atoms with Crippen molar-refractivity contribution < 1.29 is 0 Å². The molecular formula is C16H19N5. The predicted molar refractivity (Wildman–Crippen MR) is 84.2 cm³/mol. The zero-order valence-corrected chi connectivity index (χ0v) is 11.9. The lowest BCUT2D eigenvalue weighted by Crippen LogP contribution is -2.22. The van der Waals surface area contributed by atoms with Gasteiger partial charge < -0.3 is 10.3 Å². The summed E-state index contributed by atoms with van der Waals surface area (Å²) < 4.78 is 0. The van der Waals surface area contributed by atoms with Crippen LogP contribution < -0.4 is 5.32 Å². The summed E-state index contributed by atoms with van der Waals surface area (Å²) in [6.07, 6.45) is 14.1. The maximum atomic E-state index is 4.51. The molecule has 1 fully saturated rings. The molecule has 3 heterocycles. The second-order valence-electron chi connectivity index (χ2n) is 5.75. The number of rotatable bonds is 3. The van der Waals surface area contributed by atoms with E-state index in [4.69, 9.17) is 0 Å². The standard InChI is InChI=1S/C16H19N5/c1-2-4-12(5-3-1)21-15-13-6-7-17-16(13)18-10-14(15)11-8-19-20-9-11/h6-10,12H,1-5H2,(H,19,20)(H2,17,18,21). The Kier molecular flexibility index (Phi) is 3.10. The lowest BCUT2D eigenvalue weighted by atomic mass is 9.94. The molecule has 5 heteroatoms. The van der Waals surface area contributed by atoms with Gasteiger partial charge in [0, 0.05) is 41.1 Å². The molecule has 0 amide bonds. The molecule has 3 aromatic heterocycles. The number of fused-ring (bicyclic) bond motifs is 1. The van der Waals surface area contributed by atoms with Crippen LogP contribution in [0, 0.1) is 0 Å². The predicted octanol–water partition coefficient (Wildman–Crippen LogP) is 3.70. The highest BCUT2D eigenvalue weighted by atomic mass is 15.1. The number of hydrogen-bond acceptors (Lipinski definition) is 3. The average molecular weight is 281 g/mol. The molecule has 1 saturated carbocycles. The van der Waals surface area contributed by atoms with Crippen LogP contribution in [0.25, 0.3) is 22.2 Å². The van der Waals surface area contributed by atoms with Crippen LogP contribution in [0.15, 0.2) is 30.9 Å². The smallest absolute Gasteiger partial charge is 0.139 e. The lowest BCUT2D eigenvalue weighted by Gasteiger charge is -2.25. The molecule has 108 valence electrons. The number of anilines is 1. The molecule has 1 aliphatic rings. The second kappa shape index (κ2) is 5.24. The summed E-state index contributed by atoms with van der Waals surface area (Å²) in [7, 11) is 0. The van der Waals surface area contributed by atoms with Crippen molar-refractivity contribution >= 4 is 16.7 Å². The summed E-state index contributed by atoms with van der Waals surface area (Å²) in [5.41, 5.74) is 4.29. The van der Waals surface area contributed by atoms with Crippen molar-refractivity contribution in [2.75, 3.05) is 5.32 Å². The lowest BCUT2D eigenvalue weighted by molar-refractivity contribution is 0.463. The van der Waals surface area contributed by atoms with Crippen LogP contribution in [-0.4, -0.2) is 26.2 Å². The van der Waals surface area contributed by atoms with E-state index in [-0.39, 0.29) is 0 Å². The molecule has 0 radical (unpaired) electrons. The molecule has 0 aromatic carbocycles. The number of aromatic amines is 2. The Morgan fingerprint density at radius 1 is 1.14 bits per heavy atom. The van der Waals surface area contributed by atoms with E-state index in [2.05, 4.69) is 31.5 Å². The maximum absolute atomic E-state index is 4.51. The van der Waals surface area contributed by atoms with E-state index in [1.54, 1.807) is 0 Å². The van der Waals surface area contributed by atoms with Gasteiger partial charge in [-0.05, 0) is 18.9 Å². The van der Waals surface area contributed by atoms with Crippen molar-refractivity contribution in [3.8, 4) is 11.1 Å². The Labute approximate surface area is 123 Å². The van der Waals surface area contributed by atoms with E-state index in [0.29, 0.717) is 6.04 Å². The Morgan fingerprint density at radius 3 is 2.86 bits per heavy atom. The molecule has 0 unspecified atom stereocenters. The van der Waals surface area contributed by atoms with E-state index in [0.717, 1.165) is 22.2 Å². The first-order valence-corrected chi connectivity index (χ1v) is 7.63. The Balaban J connectivity index is 1.79. The van der Waals surface area contributed by atoms with Gasteiger partial charge in [-0.3, -0.25) is 5.10 Å². The molecule has 0 bridgehead atoms. The summed E-state index contributed by atoms with van der Waals surface area (Å²) in [6, 6.07) is 2.65. The number of hydrogen-bond donors (Lipinski definition) is 3. The van der Waals surface area contributed by atoms with Crippen LogP contribution >= 0.6 is 0 Å². The van der Waals surface area contributed by atoms with Gasteiger partial charge in [0.2, 0.25) is 0 Å². The molecular weight excluding hydrogens is 262 g/mol. The van der Waals surface area contributed by atoms with Crippen molar-refractivity contribution in [3.63, 3.8) is 0 Å². The Morgan fingerprint density at radius 2 is 2.05 bits per heavy atom. The van der Waals surface area contributed by atoms with E-state index in [1.807, 2.05) is 24.8 Å². The minimum atomic E-state index is 0.560. The van der Waals surface area contributed by atoms with Crippen molar-refractivity contribution in [1.82, 2.24) is 20.2 Å². The molecule has 0 saturated heterocycles. The van der Waals surface area contributed by atoms with Crippen LogP contribution in [0.2, 0.25) is 0 Å². The van der Waals surface area contributed by atoms with Crippen LogP contribution in [0.4, 0.5) is 5.69 Å². The van der Waals surface area contributed by atoms with E-state index >= 15 is 0 Å². The molecule has 0 spiro atoms. The van der Waals surface area contributed by atoms with Crippen molar-refractivity contribution in [2.45, 2.75) is 38.1 Å². The second-order valence-corrected chi connectivity index (χ2v) is 5.75. The van der Waals surface area contributed by atoms with Gasteiger partial charge in [0.25, 0.3) is 0 Å². The molecule has 0 atom stereocenters. The zero-order valence-electron chi connectivity index (χ0n) is 11.9. The quantitative estimate of drug-likeness (QED) is 0.685. The molecule has 4 rings (SSSR count). The monoisotopic (exact) mass is 281 g/mol. The highest BCUT2D eigenvalue weighted by Crippen LogP contribution is 2.34. The van der Waals surface area contributed by atoms with Crippen molar-refractivity contribution in [3.05, 3.63) is 30.9 Å². The van der Waals surface area contributed by atoms with Gasteiger partial charge in [0.05, 0.1) is 11.9 Å². The van der Waals surface area contributed by atoms with Crippen LogP contribution in [-0.2, 0) is 0 Å². The third-order valence-corrected chi connectivity index (χ3v) is 4.35. The van der Waals surface area contributed by atoms with E-state index < -0.39 is 0 Å². The first-order chi connectivity index (χ1) is 10.4. The first kappa shape index (κ1) is 12.4. The summed E-state index contributed by atoms with van der Waals surface area (Å²) in [5.74, 6) is 0. The highest BCUT2D eigenvalue weighted by Gasteiger charge is 2.18. The van der Waals surface area contributed by atoms with E-state index in [9.17, 15) is 0 Å². The average Bonchev–Trinajstić information content (AvgIpc) is 3.20. The number of nitrogens with one attached hydrogen (secondary N) is 3. The number of H-pyrrole nitrogens is 2. The fraction of sp³-hybridized carbons (Fsp3) is 0.375. The summed E-state index contributed by atoms with van der Waals surface area (Å²) >= 11 is 0. The molecule has 3 aromatic rings. The van der Waals surface area contributed by atoms with Gasteiger partial charge >= 0.3 is 0 Å². The molecule has 0 aliphatic heterocycles. The van der Waals surface area contributed by atoms with Crippen LogP contribution in [0.1, 0.15) is 32.1 Å². The van der Waals surface area contributed by atoms with Gasteiger partial charge in [-0.1, -0.05) is 19.3 Å². The van der Waals surface area contributed by atoms with Gasteiger partial charge in [-0.25, -0.2) is 4.98 Å². The SMILES string of the molecule is c1cc2c(NC3CCCCC3)c(-c3cn[nH]c3)cnc2[nH]1. The third-order valence-electron chi connectivity index (χ3n) is 4.35. The first-order valence-electron chi connectivity index (χ1n) is 7.63. The van der Waals surface area contributed by atoms with E-state index in [1.165, 1.54) is 37.8 Å². The minimum absolute atomic E-state index is 0.560. The van der Waals surface area contributed by atoms with Crippen molar-refractivity contribution in [1.29, 1.82) is 0 Å². The van der Waals surface area contributed by atoms with Crippen LogP contribution in [0.5, 0.6) is 0 Å².